The zero-order chi connectivity index (χ0) is 17.0. The summed E-state index contributed by atoms with van der Waals surface area (Å²) in [6, 6.07) is 4.74. The normalized spacial score (nSPS) is 18.0. The van der Waals surface area contributed by atoms with Gasteiger partial charge in [-0.05, 0) is 36.5 Å². The predicted molar refractivity (Wildman–Crippen MR) is 80.7 cm³/mol. The monoisotopic (exact) mass is 329 g/mol. The number of ether oxygens (including phenoxy) is 1. The van der Waals surface area contributed by atoms with Crippen LogP contribution in [0.3, 0.4) is 0 Å². The fraction of sp³-hybridized carbons (Fsp3) is 0.588. The van der Waals surface area contributed by atoms with Crippen LogP contribution in [0.15, 0.2) is 24.3 Å². The molecule has 23 heavy (non-hydrogen) atoms. The Bertz CT molecular complexity index is 537. The van der Waals surface area contributed by atoms with E-state index in [1.807, 2.05) is 13.8 Å². The van der Waals surface area contributed by atoms with E-state index < -0.39 is 17.8 Å². The average Bonchev–Trinajstić information content (AvgIpc) is 2.52. The highest BCUT2D eigenvalue weighted by Gasteiger charge is 2.32. The molecule has 3 nitrogen and oxygen atoms in total. The van der Waals surface area contributed by atoms with E-state index in [1.165, 1.54) is 6.07 Å². The highest BCUT2D eigenvalue weighted by Crippen LogP contribution is 2.32. The van der Waals surface area contributed by atoms with Gasteiger partial charge in [0.2, 0.25) is 5.91 Å². The van der Waals surface area contributed by atoms with E-state index in [4.69, 9.17) is 4.74 Å². The summed E-state index contributed by atoms with van der Waals surface area (Å²) < 4.78 is 43.9. The van der Waals surface area contributed by atoms with Gasteiger partial charge in [-0.3, -0.25) is 4.79 Å². The second-order valence-electron chi connectivity index (χ2n) is 6.24. The SMILES string of the molecule is CC(C)[C@@H](NC(=O)C1CCOCC1)c1cccc(C(F)(F)F)c1. The summed E-state index contributed by atoms with van der Waals surface area (Å²) in [5.41, 5.74) is -0.212. The van der Waals surface area contributed by atoms with E-state index in [-0.39, 0.29) is 17.7 Å². The summed E-state index contributed by atoms with van der Waals surface area (Å²) in [5.74, 6) is -0.248. The van der Waals surface area contributed by atoms with Crippen molar-refractivity contribution in [1.29, 1.82) is 0 Å². The van der Waals surface area contributed by atoms with Crippen molar-refractivity contribution < 1.29 is 22.7 Å². The highest BCUT2D eigenvalue weighted by molar-refractivity contribution is 5.79. The number of nitrogens with one attached hydrogen (secondary N) is 1. The standard InChI is InChI=1S/C17H22F3NO2/c1-11(2)15(21-16(22)12-6-8-23-9-7-12)13-4-3-5-14(10-13)17(18,19)20/h3-5,10-12,15H,6-9H2,1-2H3,(H,21,22)/t15-/m1/s1. The molecule has 1 amide bonds. The number of carbonyl (C=O) groups excluding carboxylic acids is 1. The predicted octanol–water partition coefficient (Wildman–Crippen LogP) is 3.95. The van der Waals surface area contributed by atoms with Gasteiger partial charge < -0.3 is 10.1 Å². The van der Waals surface area contributed by atoms with Crippen molar-refractivity contribution in [2.45, 2.75) is 38.9 Å². The molecule has 1 aromatic rings. The Labute approximate surface area is 134 Å². The van der Waals surface area contributed by atoms with Gasteiger partial charge in [-0.1, -0.05) is 26.0 Å². The molecule has 1 aromatic carbocycles. The average molecular weight is 329 g/mol. The molecule has 0 unspecified atom stereocenters. The van der Waals surface area contributed by atoms with Crippen LogP contribution in [0.2, 0.25) is 0 Å². The molecule has 1 aliphatic heterocycles. The fourth-order valence-electron chi connectivity index (χ4n) is 2.77. The van der Waals surface area contributed by atoms with Gasteiger partial charge in [-0.25, -0.2) is 0 Å². The molecule has 1 atom stereocenters. The van der Waals surface area contributed by atoms with Crippen molar-refractivity contribution in [2.75, 3.05) is 13.2 Å². The lowest BCUT2D eigenvalue weighted by molar-refractivity contribution is -0.137. The molecule has 1 aliphatic rings. The Morgan fingerprint density at radius 1 is 1.26 bits per heavy atom. The van der Waals surface area contributed by atoms with E-state index in [9.17, 15) is 18.0 Å². The van der Waals surface area contributed by atoms with Crippen molar-refractivity contribution in [3.8, 4) is 0 Å². The number of rotatable bonds is 4. The molecule has 0 bridgehead atoms. The van der Waals surface area contributed by atoms with E-state index >= 15 is 0 Å². The third-order valence-corrected chi connectivity index (χ3v) is 4.13. The van der Waals surface area contributed by atoms with Gasteiger partial charge in [0.05, 0.1) is 11.6 Å². The van der Waals surface area contributed by atoms with Crippen LogP contribution in [0.4, 0.5) is 13.2 Å². The summed E-state index contributed by atoms with van der Waals surface area (Å²) in [6.45, 7) is 4.87. The van der Waals surface area contributed by atoms with Crippen molar-refractivity contribution in [1.82, 2.24) is 5.32 Å². The summed E-state index contributed by atoms with van der Waals surface area (Å²) in [5, 5.41) is 2.92. The second kappa shape index (κ2) is 7.34. The first-order chi connectivity index (χ1) is 10.8. The van der Waals surface area contributed by atoms with Crippen LogP contribution in [-0.4, -0.2) is 19.1 Å². The van der Waals surface area contributed by atoms with Crippen molar-refractivity contribution >= 4 is 5.91 Å². The molecule has 1 saturated heterocycles. The molecule has 6 heteroatoms. The number of benzene rings is 1. The van der Waals surface area contributed by atoms with Gasteiger partial charge >= 0.3 is 6.18 Å². The maximum absolute atomic E-state index is 12.9. The van der Waals surface area contributed by atoms with Gasteiger partial charge in [0.25, 0.3) is 0 Å². The van der Waals surface area contributed by atoms with E-state index in [1.54, 1.807) is 6.07 Å². The lowest BCUT2D eigenvalue weighted by atomic mass is 9.92. The smallest absolute Gasteiger partial charge is 0.381 e. The molecule has 1 heterocycles. The molecule has 0 radical (unpaired) electrons. The van der Waals surface area contributed by atoms with Crippen LogP contribution < -0.4 is 5.32 Å². The van der Waals surface area contributed by atoms with Crippen LogP contribution in [0.1, 0.15) is 43.9 Å². The summed E-state index contributed by atoms with van der Waals surface area (Å²) in [4.78, 5) is 12.4. The van der Waals surface area contributed by atoms with Gasteiger partial charge in [0.15, 0.2) is 0 Å². The minimum atomic E-state index is -4.39. The Balaban J connectivity index is 2.16. The topological polar surface area (TPSA) is 38.3 Å². The Morgan fingerprint density at radius 2 is 1.91 bits per heavy atom. The lowest BCUT2D eigenvalue weighted by Gasteiger charge is -2.28. The van der Waals surface area contributed by atoms with E-state index in [0.717, 1.165) is 12.1 Å². The molecule has 0 spiro atoms. The first-order valence-electron chi connectivity index (χ1n) is 7.84. The molecular weight excluding hydrogens is 307 g/mol. The third-order valence-electron chi connectivity index (χ3n) is 4.13. The Hall–Kier alpha value is -1.56. The minimum absolute atomic E-state index is 0.0118. The third kappa shape index (κ3) is 4.70. The zero-order valence-corrected chi connectivity index (χ0v) is 13.3. The minimum Gasteiger partial charge on any atom is -0.381 e. The fourth-order valence-corrected chi connectivity index (χ4v) is 2.77. The molecule has 1 fully saturated rings. The van der Waals surface area contributed by atoms with Crippen molar-refractivity contribution in [3.05, 3.63) is 35.4 Å². The van der Waals surface area contributed by atoms with Crippen molar-refractivity contribution in [3.63, 3.8) is 0 Å². The number of hydrogen-bond donors (Lipinski definition) is 1. The van der Waals surface area contributed by atoms with Crippen LogP contribution in [0, 0.1) is 11.8 Å². The summed E-state index contributed by atoms with van der Waals surface area (Å²) >= 11 is 0. The molecular formula is C17H22F3NO2. The first-order valence-corrected chi connectivity index (χ1v) is 7.84. The molecule has 0 aliphatic carbocycles. The van der Waals surface area contributed by atoms with Gasteiger partial charge in [-0.2, -0.15) is 13.2 Å². The second-order valence-corrected chi connectivity index (χ2v) is 6.24. The molecule has 128 valence electrons. The Kier molecular flexibility index (Phi) is 5.68. The number of alkyl halides is 3. The van der Waals surface area contributed by atoms with Crippen molar-refractivity contribution in [2.24, 2.45) is 11.8 Å². The lowest BCUT2D eigenvalue weighted by Crippen LogP contribution is -2.38. The molecule has 1 N–H and O–H groups in total. The number of halogens is 3. The molecule has 0 saturated carbocycles. The van der Waals surface area contributed by atoms with Crippen LogP contribution >= 0.6 is 0 Å². The van der Waals surface area contributed by atoms with Crippen LogP contribution in [0.5, 0.6) is 0 Å². The Morgan fingerprint density at radius 3 is 2.48 bits per heavy atom. The van der Waals surface area contributed by atoms with E-state index in [0.29, 0.717) is 31.6 Å². The maximum atomic E-state index is 12.9. The summed E-state index contributed by atoms with van der Waals surface area (Å²) in [6.07, 6.45) is -3.08. The van der Waals surface area contributed by atoms with E-state index in [2.05, 4.69) is 5.32 Å². The molecule has 0 aromatic heterocycles. The highest BCUT2D eigenvalue weighted by atomic mass is 19.4. The maximum Gasteiger partial charge on any atom is 0.416 e. The first kappa shape index (κ1) is 17.8. The number of carbonyl (C=O) groups is 1. The quantitative estimate of drug-likeness (QED) is 0.908. The van der Waals surface area contributed by atoms with Crippen LogP contribution in [0.25, 0.3) is 0 Å². The largest absolute Gasteiger partial charge is 0.416 e. The van der Waals surface area contributed by atoms with Gasteiger partial charge in [0.1, 0.15) is 0 Å². The summed E-state index contributed by atoms with van der Waals surface area (Å²) in [7, 11) is 0. The number of amides is 1. The number of hydrogen-bond acceptors (Lipinski definition) is 2. The molecule has 2 rings (SSSR count). The van der Waals surface area contributed by atoms with Gasteiger partial charge in [0, 0.05) is 19.1 Å². The van der Waals surface area contributed by atoms with Crippen LogP contribution in [-0.2, 0) is 15.7 Å². The zero-order valence-electron chi connectivity index (χ0n) is 13.3. The van der Waals surface area contributed by atoms with Gasteiger partial charge in [-0.15, -0.1) is 0 Å².